The number of anilines is 1. The highest BCUT2D eigenvalue weighted by molar-refractivity contribution is 9.10. The third-order valence-corrected chi connectivity index (χ3v) is 3.49. The lowest BCUT2D eigenvalue weighted by Crippen LogP contribution is -2.16. The maximum Gasteiger partial charge on any atom is 0.337 e. The molecule has 6 heteroatoms. The van der Waals surface area contributed by atoms with Crippen molar-refractivity contribution in [2.75, 3.05) is 12.4 Å². The van der Waals surface area contributed by atoms with E-state index in [0.717, 1.165) is 0 Å². The smallest absolute Gasteiger partial charge is 0.337 e. The van der Waals surface area contributed by atoms with Crippen LogP contribution >= 0.6 is 15.9 Å². The van der Waals surface area contributed by atoms with Crippen molar-refractivity contribution in [3.05, 3.63) is 58.1 Å². The minimum atomic E-state index is -1.12. The van der Waals surface area contributed by atoms with Crippen LogP contribution in [-0.4, -0.2) is 24.1 Å². The van der Waals surface area contributed by atoms with Gasteiger partial charge in [0.2, 0.25) is 0 Å². The molecule has 0 bridgehead atoms. The second-order valence-electron chi connectivity index (χ2n) is 4.12. The molecule has 0 saturated carbocycles. The van der Waals surface area contributed by atoms with Gasteiger partial charge < -0.3 is 15.2 Å². The van der Waals surface area contributed by atoms with Gasteiger partial charge in [-0.15, -0.1) is 0 Å². The number of hydrogen-bond donors (Lipinski definition) is 2. The molecule has 0 heterocycles. The molecule has 5 nitrogen and oxygen atoms in total. The van der Waals surface area contributed by atoms with Gasteiger partial charge in [-0.1, -0.05) is 18.2 Å². The third-order valence-electron chi connectivity index (χ3n) is 2.83. The average Bonchev–Trinajstić information content (AvgIpc) is 2.48. The molecule has 0 aromatic heterocycles. The SMILES string of the molecule is COc1ccccc1C(=O)Nc1c(Br)cccc1C(=O)O. The van der Waals surface area contributed by atoms with E-state index in [-0.39, 0.29) is 11.3 Å². The lowest BCUT2D eigenvalue weighted by Gasteiger charge is -2.12. The maximum atomic E-state index is 12.3. The predicted molar refractivity (Wildman–Crippen MR) is 82.0 cm³/mol. The van der Waals surface area contributed by atoms with Crippen LogP contribution in [0, 0.1) is 0 Å². The van der Waals surface area contributed by atoms with Crippen LogP contribution in [0.15, 0.2) is 46.9 Å². The average molecular weight is 350 g/mol. The molecule has 2 N–H and O–H groups in total. The summed E-state index contributed by atoms with van der Waals surface area (Å²) < 4.78 is 5.61. The van der Waals surface area contributed by atoms with E-state index in [4.69, 9.17) is 4.74 Å². The zero-order valence-corrected chi connectivity index (χ0v) is 12.7. The monoisotopic (exact) mass is 349 g/mol. The molecular weight excluding hydrogens is 338 g/mol. The molecule has 0 aliphatic rings. The van der Waals surface area contributed by atoms with Gasteiger partial charge in [-0.05, 0) is 40.2 Å². The number of amides is 1. The number of benzene rings is 2. The molecule has 0 aliphatic carbocycles. The van der Waals surface area contributed by atoms with Crippen LogP contribution < -0.4 is 10.1 Å². The maximum absolute atomic E-state index is 12.3. The summed E-state index contributed by atoms with van der Waals surface area (Å²) in [5, 5.41) is 11.8. The van der Waals surface area contributed by atoms with Gasteiger partial charge in [-0.2, -0.15) is 0 Å². The van der Waals surface area contributed by atoms with Crippen LogP contribution in [0.3, 0.4) is 0 Å². The first kappa shape index (κ1) is 15.1. The van der Waals surface area contributed by atoms with Gasteiger partial charge in [0.25, 0.3) is 5.91 Å². The first-order chi connectivity index (χ1) is 10.0. The Morgan fingerprint density at radius 3 is 2.43 bits per heavy atom. The first-order valence-corrected chi connectivity index (χ1v) is 6.80. The number of nitrogens with one attached hydrogen (secondary N) is 1. The summed E-state index contributed by atoms with van der Waals surface area (Å²) in [6, 6.07) is 11.4. The van der Waals surface area contributed by atoms with Crippen molar-refractivity contribution in [3.8, 4) is 5.75 Å². The number of para-hydroxylation sites is 2. The summed E-state index contributed by atoms with van der Waals surface area (Å²) in [6.45, 7) is 0. The topological polar surface area (TPSA) is 75.6 Å². The minimum Gasteiger partial charge on any atom is -0.496 e. The number of carboxylic acids is 1. The summed E-state index contributed by atoms with van der Waals surface area (Å²) in [7, 11) is 1.47. The molecule has 0 spiro atoms. The molecule has 0 aliphatic heterocycles. The van der Waals surface area contributed by atoms with E-state index in [1.165, 1.54) is 13.2 Å². The molecule has 2 rings (SSSR count). The fourth-order valence-electron chi connectivity index (χ4n) is 1.84. The summed E-state index contributed by atoms with van der Waals surface area (Å²) in [5.41, 5.74) is 0.542. The van der Waals surface area contributed by atoms with Crippen LogP contribution in [0.5, 0.6) is 5.75 Å². The zero-order valence-electron chi connectivity index (χ0n) is 11.1. The van der Waals surface area contributed by atoms with Gasteiger partial charge in [0.15, 0.2) is 0 Å². The number of hydrogen-bond acceptors (Lipinski definition) is 3. The van der Waals surface area contributed by atoms with E-state index in [1.807, 2.05) is 0 Å². The minimum absolute atomic E-state index is 0.00706. The Morgan fingerprint density at radius 2 is 1.76 bits per heavy atom. The lowest BCUT2D eigenvalue weighted by molar-refractivity contribution is 0.0698. The normalized spacial score (nSPS) is 10.0. The first-order valence-electron chi connectivity index (χ1n) is 6.00. The molecule has 0 fully saturated rings. The Kier molecular flexibility index (Phi) is 4.59. The van der Waals surface area contributed by atoms with Gasteiger partial charge in [0.1, 0.15) is 5.75 Å². The summed E-state index contributed by atoms with van der Waals surface area (Å²) >= 11 is 3.24. The van der Waals surface area contributed by atoms with Crippen molar-refractivity contribution >= 4 is 33.5 Å². The summed E-state index contributed by atoms with van der Waals surface area (Å²) in [5.74, 6) is -1.15. The zero-order chi connectivity index (χ0) is 15.4. The van der Waals surface area contributed by atoms with Crippen LogP contribution in [0.1, 0.15) is 20.7 Å². The van der Waals surface area contributed by atoms with Crippen LogP contribution in [-0.2, 0) is 0 Å². The molecule has 0 saturated heterocycles. The molecule has 0 radical (unpaired) electrons. The second-order valence-corrected chi connectivity index (χ2v) is 4.98. The Bertz CT molecular complexity index is 700. The van der Waals surface area contributed by atoms with E-state index < -0.39 is 11.9 Å². The van der Waals surface area contributed by atoms with Gasteiger partial charge in [-0.3, -0.25) is 4.79 Å². The van der Waals surface area contributed by atoms with E-state index >= 15 is 0 Å². The number of ether oxygens (including phenoxy) is 1. The summed E-state index contributed by atoms with van der Waals surface area (Å²) in [4.78, 5) is 23.5. The number of halogens is 1. The van der Waals surface area contributed by atoms with Crippen molar-refractivity contribution < 1.29 is 19.4 Å². The van der Waals surface area contributed by atoms with E-state index in [9.17, 15) is 14.7 Å². The highest BCUT2D eigenvalue weighted by atomic mass is 79.9. The van der Waals surface area contributed by atoms with E-state index in [1.54, 1.807) is 36.4 Å². The highest BCUT2D eigenvalue weighted by Gasteiger charge is 2.18. The number of carboxylic acid groups (broad SMARTS) is 1. The fourth-order valence-corrected chi connectivity index (χ4v) is 2.31. The molecule has 1 amide bonds. The van der Waals surface area contributed by atoms with Gasteiger partial charge in [0, 0.05) is 4.47 Å². The van der Waals surface area contributed by atoms with E-state index in [2.05, 4.69) is 21.2 Å². The number of rotatable bonds is 4. The molecule has 108 valence electrons. The third kappa shape index (κ3) is 3.22. The van der Waals surface area contributed by atoms with Crippen LogP contribution in [0.2, 0.25) is 0 Å². The second kappa shape index (κ2) is 6.41. The van der Waals surface area contributed by atoms with E-state index in [0.29, 0.717) is 15.8 Å². The molecule has 2 aromatic rings. The molecule has 0 unspecified atom stereocenters. The number of aromatic carboxylic acids is 1. The van der Waals surface area contributed by atoms with Crippen molar-refractivity contribution in [3.63, 3.8) is 0 Å². The van der Waals surface area contributed by atoms with Crippen molar-refractivity contribution in [2.45, 2.75) is 0 Å². The number of carbonyl (C=O) groups is 2. The molecule has 2 aromatic carbocycles. The molecular formula is C15H12BrNO4. The quantitative estimate of drug-likeness (QED) is 0.886. The molecule has 21 heavy (non-hydrogen) atoms. The molecule has 0 atom stereocenters. The van der Waals surface area contributed by atoms with Crippen LogP contribution in [0.4, 0.5) is 5.69 Å². The van der Waals surface area contributed by atoms with Gasteiger partial charge >= 0.3 is 5.97 Å². The number of carbonyl (C=O) groups excluding carboxylic acids is 1. The summed E-state index contributed by atoms with van der Waals surface area (Å²) in [6.07, 6.45) is 0. The van der Waals surface area contributed by atoms with Crippen LogP contribution in [0.25, 0.3) is 0 Å². The Morgan fingerprint density at radius 1 is 1.10 bits per heavy atom. The van der Waals surface area contributed by atoms with Gasteiger partial charge in [-0.25, -0.2) is 4.79 Å². The largest absolute Gasteiger partial charge is 0.496 e. The van der Waals surface area contributed by atoms with Crippen molar-refractivity contribution in [2.24, 2.45) is 0 Å². The standard InChI is InChI=1S/C15H12BrNO4/c1-21-12-8-3-2-5-9(12)14(18)17-13-10(15(19)20)6-4-7-11(13)16/h2-8H,1H3,(H,17,18)(H,19,20). The Balaban J connectivity index is 2.38. The Hall–Kier alpha value is -2.34. The van der Waals surface area contributed by atoms with Crippen molar-refractivity contribution in [1.82, 2.24) is 0 Å². The van der Waals surface area contributed by atoms with Gasteiger partial charge in [0.05, 0.1) is 23.9 Å². The predicted octanol–water partition coefficient (Wildman–Crippen LogP) is 3.41. The number of methoxy groups -OCH3 is 1. The highest BCUT2D eigenvalue weighted by Crippen LogP contribution is 2.28. The van der Waals surface area contributed by atoms with Crippen molar-refractivity contribution in [1.29, 1.82) is 0 Å². The fraction of sp³-hybridized carbons (Fsp3) is 0.0667. The lowest BCUT2D eigenvalue weighted by atomic mass is 10.1. The Labute approximate surface area is 129 Å².